The van der Waals surface area contributed by atoms with Gasteiger partial charge in [-0.1, -0.05) is 18.2 Å². The second kappa shape index (κ2) is 11.1. The molecule has 0 saturated carbocycles. The molecule has 2 rings (SSSR count). The molecule has 0 aliphatic heterocycles. The summed E-state index contributed by atoms with van der Waals surface area (Å²) >= 11 is 0. The number of aryl methyl sites for hydroxylation is 2. The highest BCUT2D eigenvalue weighted by Gasteiger charge is 2.08. The van der Waals surface area contributed by atoms with Gasteiger partial charge in [0.2, 0.25) is 0 Å². The Morgan fingerprint density at radius 2 is 1.61 bits per heavy atom. The lowest BCUT2D eigenvalue weighted by Crippen LogP contribution is -2.30. The smallest absolute Gasteiger partial charge is 0.319 e. The maximum absolute atomic E-state index is 12.1. The molecular formula is C22H30N2O4. The van der Waals surface area contributed by atoms with Crippen molar-refractivity contribution >= 4 is 11.7 Å². The van der Waals surface area contributed by atoms with Crippen LogP contribution >= 0.6 is 0 Å². The Morgan fingerprint density at radius 3 is 2.29 bits per heavy atom. The zero-order valence-corrected chi connectivity index (χ0v) is 17.1. The Hall–Kier alpha value is -2.89. The predicted molar refractivity (Wildman–Crippen MR) is 112 cm³/mol. The lowest BCUT2D eigenvalue weighted by molar-refractivity contribution is 0.250. The standard InChI is InChI=1S/C22H30N2O4/c1-5-26-19-12-11-18(15-20(19)27-6-2)24-22(25)23-13-8-14-28-21-16(3)9-7-10-17(21)4/h7,9-12,15H,5-6,8,13-14H2,1-4H3,(H2,23,24,25). The normalized spacial score (nSPS) is 10.3. The van der Waals surface area contributed by atoms with E-state index in [1.165, 1.54) is 0 Å². The Kier molecular flexibility index (Phi) is 8.46. The highest BCUT2D eigenvalue weighted by Crippen LogP contribution is 2.30. The summed E-state index contributed by atoms with van der Waals surface area (Å²) in [6, 6.07) is 11.2. The molecule has 0 spiro atoms. The van der Waals surface area contributed by atoms with E-state index in [-0.39, 0.29) is 6.03 Å². The van der Waals surface area contributed by atoms with Crippen LogP contribution in [0.4, 0.5) is 10.5 Å². The van der Waals surface area contributed by atoms with Gasteiger partial charge in [0.05, 0.1) is 19.8 Å². The van der Waals surface area contributed by atoms with Crippen molar-refractivity contribution in [1.82, 2.24) is 5.32 Å². The molecule has 28 heavy (non-hydrogen) atoms. The number of hydrogen-bond donors (Lipinski definition) is 2. The summed E-state index contributed by atoms with van der Waals surface area (Å²) in [6.07, 6.45) is 0.717. The van der Waals surface area contributed by atoms with Crippen LogP contribution in [0.3, 0.4) is 0 Å². The molecule has 0 aliphatic rings. The van der Waals surface area contributed by atoms with Gasteiger partial charge in [-0.05, 0) is 57.4 Å². The fourth-order valence-corrected chi connectivity index (χ4v) is 2.78. The summed E-state index contributed by atoms with van der Waals surface area (Å²) in [5.74, 6) is 2.20. The molecule has 0 fully saturated rings. The number of ether oxygens (including phenoxy) is 3. The molecule has 2 aromatic rings. The predicted octanol–water partition coefficient (Wildman–Crippen LogP) is 4.69. The second-order valence-electron chi connectivity index (χ2n) is 6.33. The van der Waals surface area contributed by atoms with Gasteiger partial charge in [-0.2, -0.15) is 0 Å². The Labute approximate surface area is 167 Å². The van der Waals surface area contributed by atoms with Crippen LogP contribution in [0.5, 0.6) is 17.2 Å². The van der Waals surface area contributed by atoms with Gasteiger partial charge in [-0.15, -0.1) is 0 Å². The van der Waals surface area contributed by atoms with Crippen molar-refractivity contribution < 1.29 is 19.0 Å². The molecule has 0 unspecified atom stereocenters. The molecular weight excluding hydrogens is 356 g/mol. The topological polar surface area (TPSA) is 68.8 Å². The van der Waals surface area contributed by atoms with Gasteiger partial charge in [0.15, 0.2) is 11.5 Å². The maximum atomic E-state index is 12.1. The minimum Gasteiger partial charge on any atom is -0.493 e. The number of nitrogens with one attached hydrogen (secondary N) is 2. The molecule has 0 aromatic heterocycles. The van der Waals surface area contributed by atoms with Crippen LogP contribution in [0, 0.1) is 13.8 Å². The third-order valence-corrected chi connectivity index (χ3v) is 4.06. The number of carbonyl (C=O) groups is 1. The summed E-state index contributed by atoms with van der Waals surface area (Å²) in [5.41, 5.74) is 2.88. The molecule has 2 aromatic carbocycles. The molecule has 2 amide bonds. The first-order valence-corrected chi connectivity index (χ1v) is 9.68. The van der Waals surface area contributed by atoms with Crippen LogP contribution in [0.15, 0.2) is 36.4 Å². The van der Waals surface area contributed by atoms with Crippen molar-refractivity contribution in [3.8, 4) is 17.2 Å². The van der Waals surface area contributed by atoms with Gasteiger partial charge in [0.1, 0.15) is 5.75 Å². The van der Waals surface area contributed by atoms with Crippen LogP contribution in [-0.4, -0.2) is 32.4 Å². The van der Waals surface area contributed by atoms with Crippen LogP contribution < -0.4 is 24.8 Å². The second-order valence-corrected chi connectivity index (χ2v) is 6.33. The average molecular weight is 386 g/mol. The van der Waals surface area contributed by atoms with Gasteiger partial charge in [0, 0.05) is 18.3 Å². The number of benzene rings is 2. The van der Waals surface area contributed by atoms with Crippen molar-refractivity contribution in [3.05, 3.63) is 47.5 Å². The average Bonchev–Trinajstić information content (AvgIpc) is 2.66. The third-order valence-electron chi connectivity index (χ3n) is 4.06. The Balaban J connectivity index is 1.77. The number of para-hydroxylation sites is 1. The van der Waals surface area contributed by atoms with Crippen LogP contribution in [0.25, 0.3) is 0 Å². The zero-order valence-electron chi connectivity index (χ0n) is 17.1. The number of anilines is 1. The van der Waals surface area contributed by atoms with Gasteiger partial charge in [-0.25, -0.2) is 4.79 Å². The highest BCUT2D eigenvalue weighted by atomic mass is 16.5. The molecule has 0 aliphatic carbocycles. The summed E-state index contributed by atoms with van der Waals surface area (Å²) in [4.78, 5) is 12.1. The minimum atomic E-state index is -0.265. The maximum Gasteiger partial charge on any atom is 0.319 e. The van der Waals surface area contributed by atoms with E-state index in [1.54, 1.807) is 18.2 Å². The first-order valence-electron chi connectivity index (χ1n) is 9.68. The molecule has 0 saturated heterocycles. The molecule has 6 heteroatoms. The molecule has 0 radical (unpaired) electrons. The number of amides is 2. The quantitative estimate of drug-likeness (QED) is 0.581. The highest BCUT2D eigenvalue weighted by molar-refractivity contribution is 5.89. The molecule has 2 N–H and O–H groups in total. The van der Waals surface area contributed by atoms with E-state index in [2.05, 4.69) is 10.6 Å². The van der Waals surface area contributed by atoms with Gasteiger partial charge in [0.25, 0.3) is 0 Å². The van der Waals surface area contributed by atoms with Gasteiger partial charge in [-0.3, -0.25) is 0 Å². The fraction of sp³-hybridized carbons (Fsp3) is 0.409. The molecule has 0 heterocycles. The Morgan fingerprint density at radius 1 is 0.929 bits per heavy atom. The summed E-state index contributed by atoms with van der Waals surface area (Å²) in [5, 5.41) is 5.65. The van der Waals surface area contributed by atoms with E-state index in [0.717, 1.165) is 16.9 Å². The van der Waals surface area contributed by atoms with Crippen molar-refractivity contribution in [2.45, 2.75) is 34.1 Å². The lowest BCUT2D eigenvalue weighted by atomic mass is 10.1. The largest absolute Gasteiger partial charge is 0.493 e. The van der Waals surface area contributed by atoms with E-state index in [9.17, 15) is 4.79 Å². The van der Waals surface area contributed by atoms with Crippen LogP contribution in [0.1, 0.15) is 31.4 Å². The van der Waals surface area contributed by atoms with E-state index in [4.69, 9.17) is 14.2 Å². The van der Waals surface area contributed by atoms with Crippen molar-refractivity contribution in [1.29, 1.82) is 0 Å². The van der Waals surface area contributed by atoms with Crippen molar-refractivity contribution in [2.24, 2.45) is 0 Å². The SMILES string of the molecule is CCOc1ccc(NC(=O)NCCCOc2c(C)cccc2C)cc1OCC. The first-order chi connectivity index (χ1) is 13.5. The van der Waals surface area contributed by atoms with Crippen LogP contribution in [0.2, 0.25) is 0 Å². The molecule has 0 atom stereocenters. The van der Waals surface area contributed by atoms with Crippen LogP contribution in [-0.2, 0) is 0 Å². The number of urea groups is 1. The Bertz CT molecular complexity index is 757. The van der Waals surface area contributed by atoms with E-state index < -0.39 is 0 Å². The first kappa shape index (κ1) is 21.4. The summed E-state index contributed by atoms with van der Waals surface area (Å²) < 4.78 is 16.9. The van der Waals surface area contributed by atoms with E-state index in [1.807, 2.05) is 45.9 Å². The minimum absolute atomic E-state index is 0.265. The molecule has 6 nitrogen and oxygen atoms in total. The number of rotatable bonds is 10. The van der Waals surface area contributed by atoms with E-state index >= 15 is 0 Å². The third kappa shape index (κ3) is 6.37. The van der Waals surface area contributed by atoms with Gasteiger partial charge >= 0.3 is 6.03 Å². The zero-order chi connectivity index (χ0) is 20.4. The van der Waals surface area contributed by atoms with E-state index in [0.29, 0.717) is 50.0 Å². The van der Waals surface area contributed by atoms with Crippen molar-refractivity contribution in [3.63, 3.8) is 0 Å². The lowest BCUT2D eigenvalue weighted by Gasteiger charge is -2.14. The molecule has 152 valence electrons. The van der Waals surface area contributed by atoms with Gasteiger partial charge < -0.3 is 24.8 Å². The summed E-state index contributed by atoms with van der Waals surface area (Å²) in [6.45, 7) is 10.0. The number of hydrogen-bond acceptors (Lipinski definition) is 4. The van der Waals surface area contributed by atoms with Crippen molar-refractivity contribution in [2.75, 3.05) is 31.7 Å². The molecule has 0 bridgehead atoms. The number of carbonyl (C=O) groups excluding carboxylic acids is 1. The fourth-order valence-electron chi connectivity index (χ4n) is 2.78. The monoisotopic (exact) mass is 386 g/mol. The summed E-state index contributed by atoms with van der Waals surface area (Å²) in [7, 11) is 0.